The highest BCUT2D eigenvalue weighted by atomic mass is 127. The Kier molecular flexibility index (Phi) is 7.37. The van der Waals surface area contributed by atoms with Gasteiger partial charge in [-0.25, -0.2) is 0 Å². The molecule has 0 radical (unpaired) electrons. The average Bonchev–Trinajstić information content (AvgIpc) is 1.61. The Morgan fingerprint density at radius 1 is 1.83 bits per heavy atom. The summed E-state index contributed by atoms with van der Waals surface area (Å²) in [5, 5.41) is 2.88. The molecule has 0 nitrogen and oxygen atoms in total. The minimum Gasteiger partial charge on any atom is -0.168 e. The van der Waals surface area contributed by atoms with Crippen LogP contribution in [0.25, 0.3) is 0 Å². The number of rotatable bonds is 2. The van der Waals surface area contributed by atoms with Crippen LogP contribution in [0.3, 0.4) is 0 Å². The van der Waals surface area contributed by atoms with Crippen molar-refractivity contribution >= 4 is 47.0 Å². The molecule has 0 saturated carbocycles. The highest BCUT2D eigenvalue weighted by Gasteiger charge is 1.65. The lowest BCUT2D eigenvalue weighted by Crippen LogP contribution is -1.46. The van der Waals surface area contributed by atoms with Crippen LogP contribution >= 0.6 is 47.0 Å². The molecule has 36 valence electrons. The number of hydrogen-bond acceptors (Lipinski definition) is 2. The van der Waals surface area contributed by atoms with Crippen molar-refractivity contribution in [2.45, 2.75) is 0 Å². The first-order valence-electron chi connectivity index (χ1n) is 1.39. The van der Waals surface area contributed by atoms with Crippen LogP contribution in [-0.4, -0.2) is 5.08 Å². The zero-order valence-corrected chi connectivity index (χ0v) is 6.96. The lowest BCUT2D eigenvalue weighted by Gasteiger charge is -1.75. The van der Waals surface area contributed by atoms with E-state index in [0.717, 1.165) is 5.08 Å². The number of thioether (sulfide) groups is 1. The fourth-order valence-electron chi connectivity index (χ4n) is 0.0794. The lowest BCUT2D eigenvalue weighted by molar-refractivity contribution is 2.31. The van der Waals surface area contributed by atoms with Crippen molar-refractivity contribution in [2.24, 2.45) is 0 Å². The summed E-state index contributed by atoms with van der Waals surface area (Å²) in [5.74, 6) is 0. The Morgan fingerprint density at radius 2 is 2.50 bits per heavy atom. The van der Waals surface area contributed by atoms with Gasteiger partial charge in [0, 0.05) is 5.08 Å². The molecular formula is C3H5IS2. The maximum Gasteiger partial charge on any atom is 0.0403 e. The van der Waals surface area contributed by atoms with Gasteiger partial charge in [-0.15, -0.1) is 11.8 Å². The molecule has 0 bridgehead atoms. The number of halogens is 1. The molecule has 0 aliphatic rings. The van der Waals surface area contributed by atoms with E-state index >= 15 is 0 Å². The third-order valence-electron chi connectivity index (χ3n) is 0.222. The molecule has 0 unspecified atom stereocenters. The van der Waals surface area contributed by atoms with Crippen LogP contribution in [0.4, 0.5) is 0 Å². The van der Waals surface area contributed by atoms with Crippen LogP contribution < -0.4 is 0 Å². The van der Waals surface area contributed by atoms with Gasteiger partial charge in [0.25, 0.3) is 0 Å². The molecule has 0 aromatic carbocycles. The van der Waals surface area contributed by atoms with E-state index in [1.807, 2.05) is 9.49 Å². The highest BCUT2D eigenvalue weighted by molar-refractivity contribution is 14.1. The minimum absolute atomic E-state index is 0.875. The highest BCUT2D eigenvalue weighted by Crippen LogP contribution is 2.04. The molecule has 0 heterocycles. The molecule has 0 aromatic rings. The molecule has 6 heavy (non-hydrogen) atoms. The van der Waals surface area contributed by atoms with E-state index in [2.05, 4.69) is 35.2 Å². The summed E-state index contributed by atoms with van der Waals surface area (Å²) in [5.41, 5.74) is 0. The summed E-state index contributed by atoms with van der Waals surface area (Å²) in [4.78, 5) is 0. The molecule has 0 fully saturated rings. The molecule has 0 saturated heterocycles. The van der Waals surface area contributed by atoms with Gasteiger partial charge in [0.1, 0.15) is 0 Å². The minimum atomic E-state index is 0.875. The van der Waals surface area contributed by atoms with Gasteiger partial charge in [-0.2, -0.15) is 12.6 Å². The molecular weight excluding hydrogens is 227 g/mol. The summed E-state index contributed by atoms with van der Waals surface area (Å²) >= 11 is 7.82. The molecule has 0 rings (SSSR count). The summed E-state index contributed by atoms with van der Waals surface area (Å²) < 4.78 is 1.97. The van der Waals surface area contributed by atoms with Crippen molar-refractivity contribution < 1.29 is 0 Å². The molecule has 0 aliphatic carbocycles. The monoisotopic (exact) mass is 232 g/mol. The smallest absolute Gasteiger partial charge is 0.0403 e. The normalized spacial score (nSPS) is 10.3. The molecule has 0 aliphatic heterocycles. The molecule has 0 spiro atoms. The Balaban J connectivity index is 2.66. The summed E-state index contributed by atoms with van der Waals surface area (Å²) in [6.07, 6.45) is 0. The zero-order chi connectivity index (χ0) is 4.83. The molecule has 0 aromatic heterocycles. The SMILES string of the molecule is SCS/C=C\I. The largest absolute Gasteiger partial charge is 0.168 e. The lowest BCUT2D eigenvalue weighted by atomic mass is 11.3. The van der Waals surface area contributed by atoms with Gasteiger partial charge < -0.3 is 0 Å². The van der Waals surface area contributed by atoms with Crippen LogP contribution in [0.2, 0.25) is 0 Å². The van der Waals surface area contributed by atoms with E-state index in [1.54, 1.807) is 11.8 Å². The van der Waals surface area contributed by atoms with E-state index < -0.39 is 0 Å². The molecule has 3 heteroatoms. The van der Waals surface area contributed by atoms with Crippen molar-refractivity contribution in [3.05, 3.63) is 9.49 Å². The molecule has 0 N–H and O–H groups in total. The summed E-state index contributed by atoms with van der Waals surface area (Å²) in [6.45, 7) is 0. The Hall–Kier alpha value is 1.17. The fraction of sp³-hybridized carbons (Fsp3) is 0.333. The fourth-order valence-corrected chi connectivity index (χ4v) is 1.12. The van der Waals surface area contributed by atoms with Gasteiger partial charge in [-0.3, -0.25) is 0 Å². The third-order valence-corrected chi connectivity index (χ3v) is 1.99. The summed E-state index contributed by atoms with van der Waals surface area (Å²) in [6, 6.07) is 0. The average molecular weight is 232 g/mol. The topological polar surface area (TPSA) is 0 Å². The van der Waals surface area contributed by atoms with Gasteiger partial charge >= 0.3 is 0 Å². The first kappa shape index (κ1) is 7.17. The maximum atomic E-state index is 3.96. The van der Waals surface area contributed by atoms with Gasteiger partial charge in [0.15, 0.2) is 0 Å². The molecule has 0 amide bonds. The van der Waals surface area contributed by atoms with Crippen LogP contribution in [0.1, 0.15) is 0 Å². The van der Waals surface area contributed by atoms with Crippen molar-refractivity contribution in [3.63, 3.8) is 0 Å². The van der Waals surface area contributed by atoms with Gasteiger partial charge in [0.2, 0.25) is 0 Å². The third kappa shape index (κ3) is 5.17. The first-order valence-corrected chi connectivity index (χ1v) is 4.32. The Bertz CT molecular complexity index is 44.1. The predicted octanol–water partition coefficient (Wildman–Crippen LogP) is 2.51. The predicted molar refractivity (Wildman–Crippen MR) is 44.6 cm³/mol. The van der Waals surface area contributed by atoms with Crippen LogP contribution in [-0.2, 0) is 0 Å². The maximum absolute atomic E-state index is 3.96. The second kappa shape index (κ2) is 6.17. The van der Waals surface area contributed by atoms with Gasteiger partial charge in [-0.1, -0.05) is 22.6 Å². The standard InChI is InChI=1S/C3H5IS2/c4-1-2-6-3-5/h1-2,5H,3H2/b2-1-. The van der Waals surface area contributed by atoms with Crippen molar-refractivity contribution in [2.75, 3.05) is 5.08 Å². The second-order valence-electron chi connectivity index (χ2n) is 0.558. The quantitative estimate of drug-likeness (QED) is 0.433. The van der Waals surface area contributed by atoms with Crippen LogP contribution in [0.15, 0.2) is 9.49 Å². The van der Waals surface area contributed by atoms with Crippen LogP contribution in [0.5, 0.6) is 0 Å². The first-order chi connectivity index (χ1) is 2.91. The van der Waals surface area contributed by atoms with E-state index in [1.165, 1.54) is 0 Å². The summed E-state index contributed by atoms with van der Waals surface area (Å²) in [7, 11) is 0. The number of thiol groups is 1. The van der Waals surface area contributed by atoms with Crippen molar-refractivity contribution in [1.29, 1.82) is 0 Å². The van der Waals surface area contributed by atoms with Crippen LogP contribution in [0, 0.1) is 0 Å². The van der Waals surface area contributed by atoms with Crippen molar-refractivity contribution in [1.82, 2.24) is 0 Å². The van der Waals surface area contributed by atoms with E-state index in [4.69, 9.17) is 0 Å². The molecule has 0 atom stereocenters. The number of hydrogen-bond donors (Lipinski definition) is 1. The van der Waals surface area contributed by atoms with E-state index in [-0.39, 0.29) is 0 Å². The van der Waals surface area contributed by atoms with E-state index in [9.17, 15) is 0 Å². The van der Waals surface area contributed by atoms with Crippen molar-refractivity contribution in [3.8, 4) is 0 Å². The van der Waals surface area contributed by atoms with E-state index in [0.29, 0.717) is 0 Å². The van der Waals surface area contributed by atoms with Gasteiger partial charge in [0.05, 0.1) is 0 Å². The zero-order valence-electron chi connectivity index (χ0n) is 3.10. The second-order valence-corrected chi connectivity index (χ2v) is 2.92. The Morgan fingerprint density at radius 3 is 2.67 bits per heavy atom. The Labute approximate surface area is 61.3 Å². The van der Waals surface area contributed by atoms with Gasteiger partial charge in [-0.05, 0) is 9.49 Å².